The number of likely N-dealkylation sites (tertiary alicyclic amines) is 1. The van der Waals surface area contributed by atoms with Crippen molar-refractivity contribution in [1.82, 2.24) is 14.8 Å². The van der Waals surface area contributed by atoms with Crippen molar-refractivity contribution >= 4 is 17.6 Å². The first-order valence-corrected chi connectivity index (χ1v) is 12.7. The molecule has 2 aliphatic rings. The fourth-order valence-corrected chi connectivity index (χ4v) is 5.20. The number of nitrogens with one attached hydrogen (secondary N) is 2. The molecule has 1 aromatic carbocycles. The lowest BCUT2D eigenvalue weighted by atomic mass is 9.85. The van der Waals surface area contributed by atoms with Crippen LogP contribution in [0.1, 0.15) is 68.5 Å². The summed E-state index contributed by atoms with van der Waals surface area (Å²) in [4.78, 5) is 8.93. The number of nitrogens with zero attached hydrogens (tertiary/aromatic N) is 3. The predicted octanol–water partition coefficient (Wildman–Crippen LogP) is 4.78. The lowest BCUT2D eigenvalue weighted by Crippen LogP contribution is -2.54. The smallest absolute Gasteiger partial charge is 0.148 e. The zero-order valence-corrected chi connectivity index (χ0v) is 21.1. The third-order valence-electron chi connectivity index (χ3n) is 7.43. The van der Waals surface area contributed by atoms with E-state index in [2.05, 4.69) is 22.1 Å². The van der Waals surface area contributed by atoms with Crippen LogP contribution in [0.4, 0.5) is 20.2 Å². The molecule has 0 bridgehead atoms. The van der Waals surface area contributed by atoms with Gasteiger partial charge in [-0.15, -0.1) is 0 Å². The van der Waals surface area contributed by atoms with Gasteiger partial charge in [-0.25, -0.2) is 8.78 Å². The lowest BCUT2D eigenvalue weighted by Gasteiger charge is -2.41. The van der Waals surface area contributed by atoms with E-state index in [4.69, 9.17) is 11.1 Å². The number of pyridine rings is 1. The molecular formula is C27H38F2N6. The number of benzene rings is 1. The van der Waals surface area contributed by atoms with E-state index in [1.165, 1.54) is 25.1 Å². The Kier molecular flexibility index (Phi) is 7.71. The standard InChI is InChI=1S/C27H38F2N6/c1-4-6-10-34-15-19(16-34)33-18-12-23(28)25(32-14-18)26-21-7-8-24(31)22(13-30)20(21)9-11-35(26)17-27(3,29)5-2/h7-8,12-14,19,26,30,33H,4-6,9-11,15-17,31H2,1-3H3. The Morgan fingerprint density at radius 3 is 2.74 bits per heavy atom. The maximum atomic E-state index is 15.6. The number of aromatic nitrogens is 1. The van der Waals surface area contributed by atoms with Crippen LogP contribution in [0.5, 0.6) is 0 Å². The van der Waals surface area contributed by atoms with Crippen molar-refractivity contribution < 1.29 is 8.78 Å². The van der Waals surface area contributed by atoms with Gasteiger partial charge in [0.25, 0.3) is 0 Å². The molecule has 0 radical (unpaired) electrons. The molecule has 4 N–H and O–H groups in total. The molecule has 2 aliphatic heterocycles. The molecule has 0 amide bonds. The summed E-state index contributed by atoms with van der Waals surface area (Å²) in [7, 11) is 0. The van der Waals surface area contributed by atoms with Crippen LogP contribution in [-0.2, 0) is 6.42 Å². The summed E-state index contributed by atoms with van der Waals surface area (Å²) in [6, 6.07) is 4.89. The maximum absolute atomic E-state index is 15.6. The third kappa shape index (κ3) is 5.48. The quantitative estimate of drug-likeness (QED) is 0.334. The molecule has 0 spiro atoms. The number of alkyl halides is 1. The second-order valence-electron chi connectivity index (χ2n) is 10.2. The minimum Gasteiger partial charge on any atom is -0.398 e. The lowest BCUT2D eigenvalue weighted by molar-refractivity contribution is 0.0805. The van der Waals surface area contributed by atoms with Crippen molar-refractivity contribution in [2.24, 2.45) is 0 Å². The molecule has 2 aromatic rings. The molecule has 8 heteroatoms. The molecule has 1 fully saturated rings. The first kappa shape index (κ1) is 25.5. The largest absolute Gasteiger partial charge is 0.398 e. The minimum absolute atomic E-state index is 0.175. The van der Waals surface area contributed by atoms with E-state index in [9.17, 15) is 0 Å². The highest BCUT2D eigenvalue weighted by atomic mass is 19.1. The molecule has 6 nitrogen and oxygen atoms in total. The van der Waals surface area contributed by atoms with Crippen molar-refractivity contribution in [2.45, 2.75) is 64.2 Å². The summed E-state index contributed by atoms with van der Waals surface area (Å²) in [5.74, 6) is -0.412. The summed E-state index contributed by atoms with van der Waals surface area (Å²) in [6.45, 7) is 9.32. The van der Waals surface area contributed by atoms with Crippen LogP contribution < -0.4 is 11.1 Å². The Bertz CT molecular complexity index is 1050. The average Bonchev–Trinajstić information content (AvgIpc) is 2.80. The number of rotatable bonds is 10. The maximum Gasteiger partial charge on any atom is 0.148 e. The highest BCUT2D eigenvalue weighted by Gasteiger charge is 2.37. The van der Waals surface area contributed by atoms with Crippen LogP contribution >= 0.6 is 0 Å². The zero-order valence-electron chi connectivity index (χ0n) is 21.1. The Labute approximate surface area is 207 Å². The van der Waals surface area contributed by atoms with Crippen LogP contribution in [0.25, 0.3) is 0 Å². The van der Waals surface area contributed by atoms with Crippen LogP contribution in [-0.4, -0.2) is 65.4 Å². The van der Waals surface area contributed by atoms with E-state index in [1.54, 1.807) is 19.2 Å². The number of fused-ring (bicyclic) bond motifs is 1. The first-order chi connectivity index (χ1) is 16.8. The van der Waals surface area contributed by atoms with Crippen molar-refractivity contribution in [3.8, 4) is 0 Å². The van der Waals surface area contributed by atoms with Gasteiger partial charge in [0.05, 0.1) is 29.7 Å². The van der Waals surface area contributed by atoms with E-state index >= 15 is 8.78 Å². The summed E-state index contributed by atoms with van der Waals surface area (Å²) in [5, 5.41) is 11.2. The normalized spacial score (nSPS) is 20.7. The fourth-order valence-electron chi connectivity index (χ4n) is 5.20. The van der Waals surface area contributed by atoms with Crippen LogP contribution in [0.3, 0.4) is 0 Å². The van der Waals surface area contributed by atoms with Gasteiger partial charge >= 0.3 is 0 Å². The number of anilines is 2. The first-order valence-electron chi connectivity index (χ1n) is 12.7. The van der Waals surface area contributed by atoms with Gasteiger partial charge < -0.3 is 16.5 Å². The summed E-state index contributed by atoms with van der Waals surface area (Å²) < 4.78 is 30.7. The fraction of sp³-hybridized carbons (Fsp3) is 0.556. The van der Waals surface area contributed by atoms with Gasteiger partial charge in [0.1, 0.15) is 11.5 Å². The van der Waals surface area contributed by atoms with Gasteiger partial charge in [0.15, 0.2) is 0 Å². The second-order valence-corrected chi connectivity index (χ2v) is 10.2. The van der Waals surface area contributed by atoms with Crippen LogP contribution in [0.15, 0.2) is 24.4 Å². The number of nitrogen functional groups attached to an aromatic ring is 1. The number of halogens is 2. The van der Waals surface area contributed by atoms with Gasteiger partial charge in [-0.1, -0.05) is 26.3 Å². The second kappa shape index (κ2) is 10.6. The Balaban J connectivity index is 1.61. The van der Waals surface area contributed by atoms with Gasteiger partial charge in [-0.05, 0) is 49.9 Å². The van der Waals surface area contributed by atoms with Crippen LogP contribution in [0, 0.1) is 11.2 Å². The topological polar surface area (TPSA) is 81.3 Å². The predicted molar refractivity (Wildman–Crippen MR) is 139 cm³/mol. The van der Waals surface area contributed by atoms with Crippen molar-refractivity contribution in [3.63, 3.8) is 0 Å². The molecule has 35 heavy (non-hydrogen) atoms. The number of hydrogen-bond acceptors (Lipinski definition) is 6. The molecule has 2 unspecified atom stereocenters. The monoisotopic (exact) mass is 484 g/mol. The zero-order chi connectivity index (χ0) is 25.2. The molecule has 2 atom stereocenters. The van der Waals surface area contributed by atoms with Crippen molar-refractivity contribution in [1.29, 1.82) is 5.41 Å². The Hall–Kier alpha value is -2.58. The Morgan fingerprint density at radius 2 is 2.09 bits per heavy atom. The molecule has 4 rings (SSSR count). The minimum atomic E-state index is -1.40. The molecule has 0 saturated carbocycles. The van der Waals surface area contributed by atoms with E-state index in [0.717, 1.165) is 30.8 Å². The number of nitrogens with two attached hydrogens (primary N) is 1. The number of unbranched alkanes of at least 4 members (excludes halogenated alkanes) is 1. The summed E-state index contributed by atoms with van der Waals surface area (Å²) >= 11 is 0. The molecule has 1 aromatic heterocycles. The SMILES string of the molecule is CCCCN1CC(Nc2cnc(C3c4ccc(N)c(C=N)c4CCN3CC(C)(F)CC)c(F)c2)C1. The average molecular weight is 485 g/mol. The number of hydrogen-bond donors (Lipinski definition) is 3. The Morgan fingerprint density at radius 1 is 1.31 bits per heavy atom. The van der Waals surface area contributed by atoms with E-state index in [0.29, 0.717) is 42.4 Å². The van der Waals surface area contributed by atoms with Gasteiger partial charge in [0, 0.05) is 49.7 Å². The van der Waals surface area contributed by atoms with Crippen molar-refractivity contribution in [3.05, 3.63) is 52.6 Å². The van der Waals surface area contributed by atoms with Gasteiger partial charge in [-0.3, -0.25) is 14.8 Å². The third-order valence-corrected chi connectivity index (χ3v) is 7.43. The molecular weight excluding hydrogens is 446 g/mol. The highest BCUT2D eigenvalue weighted by molar-refractivity contribution is 5.88. The van der Waals surface area contributed by atoms with E-state index in [-0.39, 0.29) is 12.2 Å². The summed E-state index contributed by atoms with van der Waals surface area (Å²) in [6.07, 6.45) is 6.30. The van der Waals surface area contributed by atoms with E-state index < -0.39 is 17.5 Å². The highest BCUT2D eigenvalue weighted by Crippen LogP contribution is 2.39. The summed E-state index contributed by atoms with van der Waals surface area (Å²) in [5.41, 5.74) is 8.60. The van der Waals surface area contributed by atoms with Crippen LogP contribution in [0.2, 0.25) is 0 Å². The molecule has 0 aliphatic carbocycles. The van der Waals surface area contributed by atoms with Gasteiger partial charge in [0.2, 0.25) is 0 Å². The van der Waals surface area contributed by atoms with Crippen molar-refractivity contribution in [2.75, 3.05) is 43.8 Å². The van der Waals surface area contributed by atoms with E-state index in [1.807, 2.05) is 17.9 Å². The van der Waals surface area contributed by atoms with Gasteiger partial charge in [-0.2, -0.15) is 0 Å². The molecule has 190 valence electrons. The molecule has 1 saturated heterocycles. The molecule has 3 heterocycles.